The third-order valence-corrected chi connectivity index (χ3v) is 1.86. The lowest BCUT2D eigenvalue weighted by atomic mass is 10.3. The normalized spacial score (nSPS) is 13.8. The number of rotatable bonds is 7. The van der Waals surface area contributed by atoms with Crippen LogP contribution in [0.3, 0.4) is 0 Å². The van der Waals surface area contributed by atoms with Crippen LogP contribution in [-0.2, 0) is 4.74 Å². The Morgan fingerprint density at radius 2 is 2.08 bits per heavy atom. The Hall–Kier alpha value is -0.120. The van der Waals surface area contributed by atoms with Crippen LogP contribution in [0.4, 0.5) is 0 Å². The van der Waals surface area contributed by atoms with Gasteiger partial charge in [-0.2, -0.15) is 0 Å². The van der Waals surface area contributed by atoms with Crippen LogP contribution >= 0.6 is 0 Å². The highest BCUT2D eigenvalue weighted by atomic mass is 16.5. The average Bonchev–Trinajstić information content (AvgIpc) is 2.04. The molecule has 12 heavy (non-hydrogen) atoms. The highest BCUT2D eigenvalue weighted by molar-refractivity contribution is 4.66. The smallest absolute Gasteiger partial charge is 0.0626 e. The maximum absolute atomic E-state index is 5.82. The van der Waals surface area contributed by atoms with Crippen LogP contribution in [-0.4, -0.2) is 44.3 Å². The highest BCUT2D eigenvalue weighted by Gasteiger charge is 2.07. The molecule has 0 bridgehead atoms. The van der Waals surface area contributed by atoms with E-state index in [1.807, 2.05) is 0 Å². The van der Waals surface area contributed by atoms with Gasteiger partial charge < -0.3 is 15.4 Å². The van der Waals surface area contributed by atoms with Gasteiger partial charge in [-0.25, -0.2) is 0 Å². The van der Waals surface area contributed by atoms with E-state index in [-0.39, 0.29) is 6.04 Å². The molecule has 0 aliphatic rings. The predicted molar refractivity (Wildman–Crippen MR) is 52.3 cm³/mol. The second-order valence-corrected chi connectivity index (χ2v) is 3.11. The first kappa shape index (κ1) is 11.9. The molecule has 0 rings (SSSR count). The molecule has 0 radical (unpaired) electrons. The molecule has 3 heteroatoms. The molecule has 0 saturated carbocycles. The second kappa shape index (κ2) is 7.53. The van der Waals surface area contributed by atoms with Gasteiger partial charge in [-0.05, 0) is 19.5 Å². The Balaban J connectivity index is 3.53. The van der Waals surface area contributed by atoms with Gasteiger partial charge in [-0.3, -0.25) is 0 Å². The van der Waals surface area contributed by atoms with Crippen molar-refractivity contribution in [2.75, 3.05) is 33.4 Å². The predicted octanol–water partition coefficient (Wildman–Crippen LogP) is 0.692. The number of ether oxygens (including phenoxy) is 1. The molecular weight excluding hydrogens is 152 g/mol. The first-order chi connectivity index (χ1) is 5.74. The summed E-state index contributed by atoms with van der Waals surface area (Å²) in [6, 6.07) is 0.154. The Bertz CT molecular complexity index is 98.5. The molecule has 74 valence electrons. The van der Waals surface area contributed by atoms with Crippen molar-refractivity contribution < 1.29 is 4.74 Å². The standard InChI is InChI=1S/C9H22N2O/c1-4-6-11(5-2)7-9(10)8-12-3/h9H,4-8,10H2,1-3H3. The van der Waals surface area contributed by atoms with Crippen molar-refractivity contribution in [2.45, 2.75) is 26.3 Å². The molecule has 0 aromatic rings. The minimum Gasteiger partial charge on any atom is -0.383 e. The number of hydrogen-bond donors (Lipinski definition) is 1. The van der Waals surface area contributed by atoms with Crippen molar-refractivity contribution in [3.05, 3.63) is 0 Å². The molecule has 0 fully saturated rings. The van der Waals surface area contributed by atoms with Crippen molar-refractivity contribution >= 4 is 0 Å². The van der Waals surface area contributed by atoms with Crippen molar-refractivity contribution in [1.82, 2.24) is 4.90 Å². The lowest BCUT2D eigenvalue weighted by Crippen LogP contribution is -2.40. The molecule has 0 heterocycles. The molecule has 0 aromatic carbocycles. The zero-order chi connectivity index (χ0) is 9.40. The summed E-state index contributed by atoms with van der Waals surface area (Å²) in [6.07, 6.45) is 1.19. The van der Waals surface area contributed by atoms with Crippen LogP contribution in [0.25, 0.3) is 0 Å². The van der Waals surface area contributed by atoms with E-state index in [9.17, 15) is 0 Å². The van der Waals surface area contributed by atoms with Crippen molar-refractivity contribution in [3.8, 4) is 0 Å². The summed E-state index contributed by atoms with van der Waals surface area (Å²) in [5, 5.41) is 0. The Labute approximate surface area is 75.9 Å². The molecule has 0 spiro atoms. The average molecular weight is 174 g/mol. The molecular formula is C9H22N2O. The fraction of sp³-hybridized carbons (Fsp3) is 1.00. The van der Waals surface area contributed by atoms with Crippen LogP contribution in [0.15, 0.2) is 0 Å². The summed E-state index contributed by atoms with van der Waals surface area (Å²) < 4.78 is 4.98. The molecule has 3 nitrogen and oxygen atoms in total. The number of methoxy groups -OCH3 is 1. The number of likely N-dealkylation sites (N-methyl/N-ethyl adjacent to an activating group) is 1. The third kappa shape index (κ3) is 5.52. The van der Waals surface area contributed by atoms with Gasteiger partial charge in [-0.15, -0.1) is 0 Å². The summed E-state index contributed by atoms with van der Waals surface area (Å²) in [5.41, 5.74) is 5.82. The number of nitrogens with two attached hydrogens (primary N) is 1. The van der Waals surface area contributed by atoms with Gasteiger partial charge in [-0.1, -0.05) is 13.8 Å². The van der Waals surface area contributed by atoms with E-state index < -0.39 is 0 Å². The minimum atomic E-state index is 0.154. The SMILES string of the molecule is CCCN(CC)CC(N)COC. The van der Waals surface area contributed by atoms with Crippen molar-refractivity contribution in [3.63, 3.8) is 0 Å². The number of hydrogen-bond acceptors (Lipinski definition) is 3. The maximum atomic E-state index is 5.82. The Morgan fingerprint density at radius 3 is 2.50 bits per heavy atom. The summed E-state index contributed by atoms with van der Waals surface area (Å²) in [4.78, 5) is 2.35. The first-order valence-corrected chi connectivity index (χ1v) is 4.71. The van der Waals surface area contributed by atoms with Crippen LogP contribution in [0.1, 0.15) is 20.3 Å². The van der Waals surface area contributed by atoms with Crippen LogP contribution in [0, 0.1) is 0 Å². The molecule has 0 saturated heterocycles. The topological polar surface area (TPSA) is 38.5 Å². The third-order valence-electron chi connectivity index (χ3n) is 1.86. The van der Waals surface area contributed by atoms with Crippen LogP contribution in [0.2, 0.25) is 0 Å². The summed E-state index contributed by atoms with van der Waals surface area (Å²) >= 11 is 0. The second-order valence-electron chi connectivity index (χ2n) is 3.11. The van der Waals surface area contributed by atoms with Gasteiger partial charge in [0, 0.05) is 19.7 Å². The molecule has 0 aliphatic carbocycles. The highest BCUT2D eigenvalue weighted by Crippen LogP contribution is 1.93. The van der Waals surface area contributed by atoms with E-state index in [4.69, 9.17) is 10.5 Å². The summed E-state index contributed by atoms with van der Waals surface area (Å²) in [6.45, 7) is 8.15. The lowest BCUT2D eigenvalue weighted by molar-refractivity contribution is 0.155. The van der Waals surface area contributed by atoms with E-state index in [1.54, 1.807) is 7.11 Å². The molecule has 1 atom stereocenters. The van der Waals surface area contributed by atoms with Gasteiger partial charge >= 0.3 is 0 Å². The van der Waals surface area contributed by atoms with Gasteiger partial charge in [0.1, 0.15) is 0 Å². The van der Waals surface area contributed by atoms with E-state index in [0.29, 0.717) is 6.61 Å². The molecule has 0 aromatic heterocycles. The van der Waals surface area contributed by atoms with E-state index in [0.717, 1.165) is 19.6 Å². The summed E-state index contributed by atoms with van der Waals surface area (Å²) in [5.74, 6) is 0. The van der Waals surface area contributed by atoms with Gasteiger partial charge in [0.05, 0.1) is 6.61 Å². The molecule has 1 unspecified atom stereocenters. The Kier molecular flexibility index (Phi) is 7.45. The summed E-state index contributed by atoms with van der Waals surface area (Å²) in [7, 11) is 1.69. The van der Waals surface area contributed by atoms with Crippen LogP contribution < -0.4 is 5.73 Å². The van der Waals surface area contributed by atoms with Crippen molar-refractivity contribution in [1.29, 1.82) is 0 Å². The monoisotopic (exact) mass is 174 g/mol. The zero-order valence-corrected chi connectivity index (χ0v) is 8.55. The largest absolute Gasteiger partial charge is 0.383 e. The van der Waals surface area contributed by atoms with E-state index in [2.05, 4.69) is 18.7 Å². The van der Waals surface area contributed by atoms with Gasteiger partial charge in [0.2, 0.25) is 0 Å². The maximum Gasteiger partial charge on any atom is 0.0626 e. The van der Waals surface area contributed by atoms with E-state index >= 15 is 0 Å². The fourth-order valence-corrected chi connectivity index (χ4v) is 1.29. The first-order valence-electron chi connectivity index (χ1n) is 4.71. The molecule has 2 N–H and O–H groups in total. The lowest BCUT2D eigenvalue weighted by Gasteiger charge is -2.22. The quantitative estimate of drug-likeness (QED) is 0.617. The molecule has 0 aliphatic heterocycles. The fourth-order valence-electron chi connectivity index (χ4n) is 1.29. The minimum absolute atomic E-state index is 0.154. The number of nitrogens with zero attached hydrogens (tertiary/aromatic N) is 1. The van der Waals surface area contributed by atoms with Crippen molar-refractivity contribution in [2.24, 2.45) is 5.73 Å². The van der Waals surface area contributed by atoms with Crippen LogP contribution in [0.5, 0.6) is 0 Å². The molecule has 0 amide bonds. The van der Waals surface area contributed by atoms with Gasteiger partial charge in [0.15, 0.2) is 0 Å². The van der Waals surface area contributed by atoms with Gasteiger partial charge in [0.25, 0.3) is 0 Å². The van der Waals surface area contributed by atoms with E-state index in [1.165, 1.54) is 6.42 Å². The zero-order valence-electron chi connectivity index (χ0n) is 8.55. The Morgan fingerprint density at radius 1 is 1.42 bits per heavy atom.